The number of likely N-dealkylation sites (N-methyl/N-ethyl adjacent to an activating group) is 1. The van der Waals surface area contributed by atoms with E-state index in [-0.39, 0.29) is 60.1 Å². The van der Waals surface area contributed by atoms with Crippen molar-refractivity contribution >= 4 is 23.4 Å². The van der Waals surface area contributed by atoms with Crippen molar-refractivity contribution in [3.8, 4) is 0 Å². The lowest BCUT2D eigenvalue weighted by atomic mass is 9.92. The molecule has 234 valence electrons. The van der Waals surface area contributed by atoms with Gasteiger partial charge in [-0.1, -0.05) is 55.4 Å². The first-order valence-corrected chi connectivity index (χ1v) is 14.7. The summed E-state index contributed by atoms with van der Waals surface area (Å²) < 4.78 is 21.9. The van der Waals surface area contributed by atoms with Crippen molar-refractivity contribution in [3.63, 3.8) is 0 Å². The second kappa shape index (κ2) is 21.8. The number of Topliss-reactive ketones (excluding diaryl/α,β-unsaturated/α-hetero) is 2. The van der Waals surface area contributed by atoms with E-state index in [0.717, 1.165) is 6.42 Å². The topological polar surface area (TPSA) is 120 Å². The summed E-state index contributed by atoms with van der Waals surface area (Å²) in [5.41, 5.74) is 0. The van der Waals surface area contributed by atoms with Crippen molar-refractivity contribution in [3.05, 3.63) is 0 Å². The Morgan fingerprint density at radius 3 is 1.52 bits per heavy atom. The number of nitrogens with one attached hydrogen (secondary N) is 1. The Balaban J connectivity index is 4.11. The van der Waals surface area contributed by atoms with Gasteiger partial charge in [0.2, 0.25) is 11.8 Å². The summed E-state index contributed by atoms with van der Waals surface area (Å²) in [5, 5.41) is 2.88. The first kappa shape index (κ1) is 38.1. The molecule has 0 aliphatic heterocycles. The predicted octanol–water partition coefficient (Wildman–Crippen LogP) is 3.30. The van der Waals surface area contributed by atoms with E-state index in [4.69, 9.17) is 18.9 Å². The summed E-state index contributed by atoms with van der Waals surface area (Å²) in [4.78, 5) is 51.4. The molecule has 0 radical (unpaired) electrons. The molecule has 0 aliphatic carbocycles. The molecule has 0 aliphatic rings. The molecular formula is C30H56N2O8. The molecule has 0 aromatic heterocycles. The van der Waals surface area contributed by atoms with E-state index in [2.05, 4.69) is 5.32 Å². The molecule has 0 aromatic carbocycles. The first-order chi connectivity index (χ1) is 18.8. The Kier molecular flexibility index (Phi) is 20.8. The van der Waals surface area contributed by atoms with Crippen molar-refractivity contribution in [2.24, 2.45) is 23.7 Å². The molecule has 2 amide bonds. The van der Waals surface area contributed by atoms with Gasteiger partial charge in [0.1, 0.15) is 11.8 Å². The number of rotatable bonds is 24. The Morgan fingerprint density at radius 2 is 1.10 bits per heavy atom. The quantitative estimate of drug-likeness (QED) is 0.175. The van der Waals surface area contributed by atoms with Gasteiger partial charge in [-0.3, -0.25) is 19.2 Å². The number of carbonyl (C=O) groups excluding carboxylic acids is 4. The van der Waals surface area contributed by atoms with Crippen molar-refractivity contribution in [1.29, 1.82) is 0 Å². The van der Waals surface area contributed by atoms with Gasteiger partial charge in [-0.05, 0) is 18.3 Å². The molecule has 0 heterocycles. The van der Waals surface area contributed by atoms with Crippen LogP contribution in [-0.4, -0.2) is 100 Å². The van der Waals surface area contributed by atoms with Crippen LogP contribution in [0.3, 0.4) is 0 Å². The number of hydrogen-bond acceptors (Lipinski definition) is 8. The van der Waals surface area contributed by atoms with Crippen LogP contribution in [0.15, 0.2) is 0 Å². The number of ether oxygens (including phenoxy) is 4. The van der Waals surface area contributed by atoms with Crippen LogP contribution in [0.5, 0.6) is 0 Å². The van der Waals surface area contributed by atoms with Crippen LogP contribution in [0.2, 0.25) is 0 Å². The number of ketones is 2. The van der Waals surface area contributed by atoms with Gasteiger partial charge in [0.15, 0.2) is 5.78 Å². The second-order valence-corrected chi connectivity index (χ2v) is 11.4. The highest BCUT2D eigenvalue weighted by Gasteiger charge is 2.33. The molecule has 10 nitrogen and oxygen atoms in total. The van der Waals surface area contributed by atoms with E-state index < -0.39 is 12.1 Å². The standard InChI is InChI=1S/C30H56N2O8/c1-21(2)25(33)11-10-13-37-15-17-39-19-20-40-18-16-38-14-12-26(34)32(9)28(23(5)6)30(36)31-27(22(3)4)29(35)24(7)8/h21-24,27-28H,10-20H2,1-9H3,(H,31,36)/t27-,28-/m0/s1. The molecule has 0 spiro atoms. The fourth-order valence-corrected chi connectivity index (χ4v) is 3.98. The van der Waals surface area contributed by atoms with E-state index in [1.807, 2.05) is 55.4 Å². The van der Waals surface area contributed by atoms with Gasteiger partial charge >= 0.3 is 0 Å². The zero-order valence-corrected chi connectivity index (χ0v) is 26.5. The highest BCUT2D eigenvalue weighted by atomic mass is 16.6. The molecular weight excluding hydrogens is 516 g/mol. The number of hydrogen-bond donors (Lipinski definition) is 1. The van der Waals surface area contributed by atoms with Crippen molar-refractivity contribution in [1.82, 2.24) is 10.2 Å². The van der Waals surface area contributed by atoms with Gasteiger partial charge in [-0.15, -0.1) is 0 Å². The molecule has 0 aromatic rings. The summed E-state index contributed by atoms with van der Waals surface area (Å²) >= 11 is 0. The zero-order chi connectivity index (χ0) is 30.7. The molecule has 0 fully saturated rings. The van der Waals surface area contributed by atoms with Gasteiger partial charge < -0.3 is 29.2 Å². The van der Waals surface area contributed by atoms with Crippen LogP contribution >= 0.6 is 0 Å². The van der Waals surface area contributed by atoms with Crippen molar-refractivity contribution in [2.75, 3.05) is 59.9 Å². The van der Waals surface area contributed by atoms with Gasteiger partial charge in [0.05, 0.1) is 58.7 Å². The smallest absolute Gasteiger partial charge is 0.243 e. The van der Waals surface area contributed by atoms with Crippen molar-refractivity contribution < 1.29 is 38.1 Å². The molecule has 0 rings (SSSR count). The first-order valence-electron chi connectivity index (χ1n) is 14.7. The van der Waals surface area contributed by atoms with E-state index in [1.165, 1.54) is 4.90 Å². The molecule has 10 heteroatoms. The Bertz CT molecular complexity index is 739. The maximum atomic E-state index is 13.1. The fraction of sp³-hybridized carbons (Fsp3) is 0.867. The summed E-state index contributed by atoms with van der Waals surface area (Å²) in [6.45, 7) is 18.3. The van der Waals surface area contributed by atoms with E-state index in [9.17, 15) is 19.2 Å². The minimum atomic E-state index is -0.684. The largest absolute Gasteiger partial charge is 0.379 e. The Morgan fingerprint density at radius 1 is 0.625 bits per heavy atom. The van der Waals surface area contributed by atoms with E-state index in [0.29, 0.717) is 52.7 Å². The molecule has 2 atom stereocenters. The maximum absolute atomic E-state index is 13.1. The minimum Gasteiger partial charge on any atom is -0.379 e. The lowest BCUT2D eigenvalue weighted by Crippen LogP contribution is -2.56. The fourth-order valence-electron chi connectivity index (χ4n) is 3.98. The van der Waals surface area contributed by atoms with Gasteiger partial charge in [0, 0.05) is 31.9 Å². The summed E-state index contributed by atoms with van der Waals surface area (Å²) in [6, 6.07) is -1.27. The predicted molar refractivity (Wildman–Crippen MR) is 155 cm³/mol. The van der Waals surface area contributed by atoms with E-state index in [1.54, 1.807) is 7.05 Å². The summed E-state index contributed by atoms with van der Waals surface area (Å²) in [7, 11) is 1.61. The van der Waals surface area contributed by atoms with Gasteiger partial charge in [-0.25, -0.2) is 0 Å². The summed E-state index contributed by atoms with van der Waals surface area (Å²) in [5.74, 6) is -0.566. The number of nitrogens with zero attached hydrogens (tertiary/aromatic N) is 1. The van der Waals surface area contributed by atoms with Gasteiger partial charge in [0.25, 0.3) is 0 Å². The third-order valence-corrected chi connectivity index (χ3v) is 6.48. The maximum Gasteiger partial charge on any atom is 0.243 e. The van der Waals surface area contributed by atoms with Crippen LogP contribution in [0.25, 0.3) is 0 Å². The highest BCUT2D eigenvalue weighted by Crippen LogP contribution is 2.15. The highest BCUT2D eigenvalue weighted by molar-refractivity contribution is 5.93. The van der Waals surface area contributed by atoms with Crippen LogP contribution in [-0.2, 0) is 38.1 Å². The normalized spacial score (nSPS) is 13.2. The third kappa shape index (κ3) is 16.4. The molecule has 1 N–H and O–H groups in total. The lowest BCUT2D eigenvalue weighted by molar-refractivity contribution is -0.142. The average Bonchev–Trinajstić information content (AvgIpc) is 2.88. The molecule has 0 unspecified atom stereocenters. The van der Waals surface area contributed by atoms with Crippen LogP contribution < -0.4 is 5.32 Å². The third-order valence-electron chi connectivity index (χ3n) is 6.48. The molecule has 0 saturated heterocycles. The summed E-state index contributed by atoms with van der Waals surface area (Å²) in [6.07, 6.45) is 1.42. The lowest BCUT2D eigenvalue weighted by Gasteiger charge is -2.32. The molecule has 0 bridgehead atoms. The number of amides is 2. The Hall–Kier alpha value is -1.88. The average molecular weight is 573 g/mol. The van der Waals surface area contributed by atoms with Crippen LogP contribution in [0.1, 0.15) is 74.7 Å². The SMILES string of the molecule is CC(C)C(=O)CCCOCCOCCOCCOCCC(=O)N(C)[C@H](C(=O)N[C@H](C(=O)C(C)C)C(C)C)C(C)C. The van der Waals surface area contributed by atoms with Gasteiger partial charge in [-0.2, -0.15) is 0 Å². The zero-order valence-electron chi connectivity index (χ0n) is 26.5. The van der Waals surface area contributed by atoms with Crippen molar-refractivity contribution in [2.45, 2.75) is 86.7 Å². The monoisotopic (exact) mass is 572 g/mol. The Labute approximate surface area is 242 Å². The van der Waals surface area contributed by atoms with Crippen LogP contribution in [0, 0.1) is 23.7 Å². The van der Waals surface area contributed by atoms with Crippen LogP contribution in [0.4, 0.5) is 0 Å². The minimum absolute atomic E-state index is 0.0152. The number of carbonyl (C=O) groups is 4. The van der Waals surface area contributed by atoms with E-state index >= 15 is 0 Å². The molecule has 0 saturated carbocycles. The second-order valence-electron chi connectivity index (χ2n) is 11.4. The molecule has 40 heavy (non-hydrogen) atoms.